The van der Waals surface area contributed by atoms with Gasteiger partial charge in [-0.1, -0.05) is 0 Å². The second-order valence-electron chi connectivity index (χ2n) is 3.95. The Morgan fingerprint density at radius 2 is 1.20 bits per heavy atom. The molecule has 0 aliphatic carbocycles. The minimum absolute atomic E-state index is 0.123. The van der Waals surface area contributed by atoms with Gasteiger partial charge in [-0.3, -0.25) is 0 Å². The van der Waals surface area contributed by atoms with Gasteiger partial charge in [0.25, 0.3) is 0 Å². The minimum atomic E-state index is -1.26. The summed E-state index contributed by atoms with van der Waals surface area (Å²) in [5.41, 5.74) is 0. The van der Waals surface area contributed by atoms with Crippen molar-refractivity contribution < 1.29 is 28.6 Å². The van der Waals surface area contributed by atoms with E-state index >= 15 is 0 Å². The summed E-state index contributed by atoms with van der Waals surface area (Å²) >= 11 is 1.24. The lowest BCUT2D eigenvalue weighted by Crippen LogP contribution is -1.89. The smallest absolute Gasteiger partial charge is 0.345 e. The summed E-state index contributed by atoms with van der Waals surface area (Å²) < 4.78 is 28.3. The van der Waals surface area contributed by atoms with Crippen molar-refractivity contribution in [3.05, 3.63) is 33.5 Å². The molecule has 0 aliphatic heterocycles. The molecule has 20 heavy (non-hydrogen) atoms. The Bertz CT molecular complexity index is 767. The largest absolute Gasteiger partial charge is 0.477 e. The van der Waals surface area contributed by atoms with Gasteiger partial charge in [0.15, 0.2) is 0 Å². The predicted octanol–water partition coefficient (Wildman–Crippen LogP) is 3.79. The Balaban J connectivity index is 2.45. The summed E-state index contributed by atoms with van der Waals surface area (Å²) in [5.74, 6) is -4.12. The van der Waals surface area contributed by atoms with E-state index in [1.807, 2.05) is 0 Å². The van der Waals surface area contributed by atoms with Crippen molar-refractivity contribution in [3.63, 3.8) is 0 Å². The van der Waals surface area contributed by atoms with Crippen LogP contribution in [0, 0.1) is 11.6 Å². The number of hydrogen-bond donors (Lipinski definition) is 2. The molecular weight excluding hydrogens is 310 g/mol. The number of fused-ring (bicyclic) bond motifs is 2. The van der Waals surface area contributed by atoms with Crippen LogP contribution in [0.3, 0.4) is 0 Å². The molecule has 2 aromatic heterocycles. The average Bonchev–Trinajstić information content (AvgIpc) is 3.00. The molecule has 0 saturated heterocycles. The van der Waals surface area contributed by atoms with E-state index in [0.29, 0.717) is 22.7 Å². The average molecular weight is 314 g/mol. The first-order valence-corrected chi connectivity index (χ1v) is 6.84. The zero-order valence-electron chi connectivity index (χ0n) is 9.44. The standard InChI is InChI=1S/C12H4F2O4S2/c13-7-3-1-5(11(15)16)19-9(3)8(14)4-2-6(12(17)18)20-10(4)7/h1-2H,(H,15,16)(H,17,18). The zero-order valence-corrected chi connectivity index (χ0v) is 11.1. The highest BCUT2D eigenvalue weighted by Crippen LogP contribution is 2.39. The minimum Gasteiger partial charge on any atom is -0.477 e. The monoisotopic (exact) mass is 314 g/mol. The molecule has 0 aliphatic rings. The van der Waals surface area contributed by atoms with Crippen molar-refractivity contribution in [2.24, 2.45) is 0 Å². The van der Waals surface area contributed by atoms with E-state index in [4.69, 9.17) is 10.2 Å². The highest BCUT2D eigenvalue weighted by atomic mass is 32.1. The third-order valence-electron chi connectivity index (χ3n) is 2.76. The number of aromatic carboxylic acids is 2. The number of carboxylic acid groups (broad SMARTS) is 2. The molecule has 2 heterocycles. The number of rotatable bonds is 2. The van der Waals surface area contributed by atoms with Crippen LogP contribution >= 0.6 is 22.7 Å². The Hall–Kier alpha value is -2.06. The lowest BCUT2D eigenvalue weighted by Gasteiger charge is -1.97. The van der Waals surface area contributed by atoms with Crippen molar-refractivity contribution in [1.29, 1.82) is 0 Å². The number of thiophene rings is 2. The zero-order chi connectivity index (χ0) is 14.6. The second kappa shape index (κ2) is 4.22. The number of carboxylic acids is 2. The number of carbonyl (C=O) groups is 2. The third kappa shape index (κ3) is 1.69. The molecule has 0 amide bonds. The van der Waals surface area contributed by atoms with Crippen LogP contribution in [0.25, 0.3) is 20.2 Å². The molecule has 102 valence electrons. The van der Waals surface area contributed by atoms with Gasteiger partial charge in [0, 0.05) is 10.8 Å². The van der Waals surface area contributed by atoms with Gasteiger partial charge in [-0.2, -0.15) is 0 Å². The van der Waals surface area contributed by atoms with Crippen molar-refractivity contribution in [3.8, 4) is 0 Å². The molecule has 0 spiro atoms. The van der Waals surface area contributed by atoms with Gasteiger partial charge >= 0.3 is 11.9 Å². The van der Waals surface area contributed by atoms with Crippen LogP contribution in [-0.2, 0) is 0 Å². The van der Waals surface area contributed by atoms with E-state index in [9.17, 15) is 18.4 Å². The normalized spacial score (nSPS) is 11.3. The number of halogens is 2. The highest BCUT2D eigenvalue weighted by Gasteiger charge is 2.22. The van der Waals surface area contributed by atoms with Gasteiger partial charge < -0.3 is 10.2 Å². The maximum atomic E-state index is 14.3. The molecule has 2 N–H and O–H groups in total. The summed E-state index contributed by atoms with van der Waals surface area (Å²) in [6.45, 7) is 0. The second-order valence-corrected chi connectivity index (χ2v) is 6.05. The Morgan fingerprint density at radius 1 is 0.850 bits per heavy atom. The molecule has 0 atom stereocenters. The van der Waals surface area contributed by atoms with Crippen LogP contribution in [0.4, 0.5) is 8.78 Å². The van der Waals surface area contributed by atoms with Crippen molar-refractivity contribution >= 4 is 54.8 Å². The Kier molecular flexibility index (Phi) is 2.73. The number of benzene rings is 1. The molecule has 0 unspecified atom stereocenters. The summed E-state index contributed by atoms with van der Waals surface area (Å²) in [5, 5.41) is 17.4. The van der Waals surface area contributed by atoms with Crippen LogP contribution in [0.2, 0.25) is 0 Å². The lowest BCUT2D eigenvalue weighted by atomic mass is 10.2. The van der Waals surface area contributed by atoms with Gasteiger partial charge in [0.1, 0.15) is 21.4 Å². The van der Waals surface area contributed by atoms with E-state index in [-0.39, 0.29) is 29.9 Å². The molecule has 0 fully saturated rings. The van der Waals surface area contributed by atoms with Crippen molar-refractivity contribution in [2.75, 3.05) is 0 Å². The molecule has 0 radical (unpaired) electrons. The summed E-state index contributed by atoms with van der Waals surface area (Å²) in [6, 6.07) is 2.11. The maximum Gasteiger partial charge on any atom is 0.345 e. The molecule has 3 rings (SSSR count). The lowest BCUT2D eigenvalue weighted by molar-refractivity contribution is 0.0691. The summed E-state index contributed by atoms with van der Waals surface area (Å²) in [6.07, 6.45) is 0. The van der Waals surface area contributed by atoms with E-state index in [2.05, 4.69) is 0 Å². The molecule has 1 aromatic carbocycles. The van der Waals surface area contributed by atoms with Crippen LogP contribution in [0.5, 0.6) is 0 Å². The van der Waals surface area contributed by atoms with Gasteiger partial charge in [0.05, 0.1) is 9.40 Å². The molecule has 3 aromatic rings. The van der Waals surface area contributed by atoms with Gasteiger partial charge in [-0.25, -0.2) is 18.4 Å². The topological polar surface area (TPSA) is 74.6 Å². The predicted molar refractivity (Wildman–Crippen MR) is 71.0 cm³/mol. The fraction of sp³-hybridized carbons (Fsp3) is 0. The molecular formula is C12H4F2O4S2. The first kappa shape index (κ1) is 12.9. The first-order valence-electron chi connectivity index (χ1n) is 5.20. The van der Waals surface area contributed by atoms with E-state index in [1.165, 1.54) is 0 Å². The fourth-order valence-electron chi connectivity index (χ4n) is 1.89. The molecule has 0 bridgehead atoms. The van der Waals surface area contributed by atoms with Crippen molar-refractivity contribution in [1.82, 2.24) is 0 Å². The first-order chi connectivity index (χ1) is 9.40. The third-order valence-corrected chi connectivity index (χ3v) is 4.99. The SMILES string of the molecule is O=C(O)c1cc2c(F)c3sc(C(=O)O)cc3c(F)c2s1. The Labute approximate surface area is 117 Å². The Morgan fingerprint density at radius 3 is 1.50 bits per heavy atom. The van der Waals surface area contributed by atoms with E-state index in [1.54, 1.807) is 0 Å². The maximum absolute atomic E-state index is 14.3. The van der Waals surface area contributed by atoms with E-state index in [0.717, 1.165) is 12.1 Å². The highest BCUT2D eigenvalue weighted by molar-refractivity contribution is 7.22. The van der Waals surface area contributed by atoms with Gasteiger partial charge in [0.2, 0.25) is 0 Å². The molecule has 4 nitrogen and oxygen atoms in total. The fourth-order valence-corrected chi connectivity index (χ4v) is 3.77. The molecule has 8 heteroatoms. The quantitative estimate of drug-likeness (QED) is 0.754. The summed E-state index contributed by atoms with van der Waals surface area (Å²) in [4.78, 5) is 21.4. The molecule has 0 saturated carbocycles. The van der Waals surface area contributed by atoms with Crippen molar-refractivity contribution in [2.45, 2.75) is 0 Å². The van der Waals surface area contributed by atoms with Crippen LogP contribution < -0.4 is 0 Å². The summed E-state index contributed by atoms with van der Waals surface area (Å²) in [7, 11) is 0. The van der Waals surface area contributed by atoms with Crippen LogP contribution in [0.15, 0.2) is 12.1 Å². The number of hydrogen-bond acceptors (Lipinski definition) is 4. The van der Waals surface area contributed by atoms with Gasteiger partial charge in [-0.05, 0) is 12.1 Å². The van der Waals surface area contributed by atoms with Crippen LogP contribution in [0.1, 0.15) is 19.3 Å². The van der Waals surface area contributed by atoms with Crippen LogP contribution in [-0.4, -0.2) is 22.2 Å². The van der Waals surface area contributed by atoms with E-state index < -0.39 is 23.6 Å². The van der Waals surface area contributed by atoms with Gasteiger partial charge in [-0.15, -0.1) is 22.7 Å².